The summed E-state index contributed by atoms with van der Waals surface area (Å²) >= 11 is 0. The van der Waals surface area contributed by atoms with Crippen LogP contribution in [-0.2, 0) is 0 Å². The van der Waals surface area contributed by atoms with E-state index in [2.05, 4.69) is 10.2 Å². The fourth-order valence-electron chi connectivity index (χ4n) is 1.53. The number of aryl methyl sites for hydroxylation is 1. The van der Waals surface area contributed by atoms with E-state index >= 15 is 0 Å². The average molecular weight is 256 g/mol. The molecule has 0 spiro atoms. The number of phenolic OH excluding ortho intramolecular Hbond substituents is 1. The van der Waals surface area contributed by atoms with Crippen molar-refractivity contribution in [2.75, 3.05) is 0 Å². The van der Waals surface area contributed by atoms with Crippen molar-refractivity contribution in [1.82, 2.24) is 0 Å². The number of carbonyl (C=O) groups is 1. The number of aromatic hydroxyl groups is 1. The topological polar surface area (TPSA) is 82.2 Å². The van der Waals surface area contributed by atoms with E-state index in [1.165, 1.54) is 18.2 Å². The third-order valence-electron chi connectivity index (χ3n) is 2.50. The van der Waals surface area contributed by atoms with Gasteiger partial charge in [-0.25, -0.2) is 4.79 Å². The van der Waals surface area contributed by atoms with Crippen LogP contribution in [0.15, 0.2) is 52.7 Å². The van der Waals surface area contributed by atoms with E-state index in [1.54, 1.807) is 24.3 Å². The van der Waals surface area contributed by atoms with Crippen molar-refractivity contribution in [2.45, 2.75) is 6.92 Å². The molecule has 0 amide bonds. The van der Waals surface area contributed by atoms with E-state index in [-0.39, 0.29) is 11.3 Å². The Bertz CT molecular complexity index is 651. The van der Waals surface area contributed by atoms with Crippen LogP contribution in [0.4, 0.5) is 11.4 Å². The summed E-state index contributed by atoms with van der Waals surface area (Å²) in [5, 5.41) is 26.3. The molecule has 5 heteroatoms. The van der Waals surface area contributed by atoms with E-state index in [0.717, 1.165) is 5.56 Å². The van der Waals surface area contributed by atoms with Gasteiger partial charge in [-0.1, -0.05) is 12.1 Å². The number of carboxylic acids is 1. The van der Waals surface area contributed by atoms with Crippen LogP contribution < -0.4 is 0 Å². The molecule has 0 atom stereocenters. The molecule has 0 radical (unpaired) electrons. The minimum atomic E-state index is -1.02. The molecule has 0 aliphatic carbocycles. The molecule has 0 saturated heterocycles. The maximum Gasteiger partial charge on any atom is 0.335 e. The van der Waals surface area contributed by atoms with Crippen LogP contribution in [0.3, 0.4) is 0 Å². The van der Waals surface area contributed by atoms with E-state index < -0.39 is 5.97 Å². The lowest BCUT2D eigenvalue weighted by Gasteiger charge is -1.99. The summed E-state index contributed by atoms with van der Waals surface area (Å²) in [6, 6.07) is 11.1. The van der Waals surface area contributed by atoms with E-state index in [4.69, 9.17) is 5.11 Å². The summed E-state index contributed by atoms with van der Waals surface area (Å²) in [6.45, 7) is 1.88. The van der Waals surface area contributed by atoms with Crippen LogP contribution in [0.5, 0.6) is 5.75 Å². The lowest BCUT2D eigenvalue weighted by molar-refractivity contribution is 0.0697. The first-order chi connectivity index (χ1) is 9.06. The largest absolute Gasteiger partial charge is 0.506 e. The molecule has 2 aromatic carbocycles. The highest BCUT2D eigenvalue weighted by Crippen LogP contribution is 2.28. The molecule has 5 nitrogen and oxygen atoms in total. The highest BCUT2D eigenvalue weighted by Gasteiger charge is 2.03. The van der Waals surface area contributed by atoms with Gasteiger partial charge in [0.15, 0.2) is 0 Å². The Hall–Kier alpha value is -2.69. The normalized spacial score (nSPS) is 10.8. The molecule has 0 bridgehead atoms. The fraction of sp³-hybridized carbons (Fsp3) is 0.0714. The second-order valence-electron chi connectivity index (χ2n) is 4.05. The van der Waals surface area contributed by atoms with Gasteiger partial charge >= 0.3 is 5.97 Å². The van der Waals surface area contributed by atoms with Gasteiger partial charge in [-0.05, 0) is 42.8 Å². The Morgan fingerprint density at radius 2 is 1.89 bits per heavy atom. The Morgan fingerprint density at radius 1 is 1.11 bits per heavy atom. The van der Waals surface area contributed by atoms with E-state index in [9.17, 15) is 9.90 Å². The average Bonchev–Trinajstić information content (AvgIpc) is 2.40. The Labute approximate surface area is 109 Å². The van der Waals surface area contributed by atoms with Gasteiger partial charge in [0.25, 0.3) is 0 Å². The molecule has 0 aromatic heterocycles. The number of hydrogen-bond donors (Lipinski definition) is 2. The number of carboxylic acid groups (broad SMARTS) is 1. The maximum absolute atomic E-state index is 10.8. The molecule has 0 fully saturated rings. The quantitative estimate of drug-likeness (QED) is 0.819. The van der Waals surface area contributed by atoms with Crippen LogP contribution in [0.1, 0.15) is 15.9 Å². The highest BCUT2D eigenvalue weighted by molar-refractivity contribution is 5.88. The first-order valence-corrected chi connectivity index (χ1v) is 5.61. The van der Waals surface area contributed by atoms with Crippen molar-refractivity contribution in [3.05, 3.63) is 53.6 Å². The van der Waals surface area contributed by atoms with Crippen LogP contribution in [0, 0.1) is 6.92 Å². The molecule has 2 N–H and O–H groups in total. The predicted molar refractivity (Wildman–Crippen MR) is 70.4 cm³/mol. The van der Waals surface area contributed by atoms with Crippen molar-refractivity contribution in [1.29, 1.82) is 0 Å². The molecule has 19 heavy (non-hydrogen) atoms. The second kappa shape index (κ2) is 5.30. The van der Waals surface area contributed by atoms with Gasteiger partial charge in [0.2, 0.25) is 0 Å². The van der Waals surface area contributed by atoms with Gasteiger partial charge in [0.1, 0.15) is 11.4 Å². The summed E-state index contributed by atoms with van der Waals surface area (Å²) in [6.07, 6.45) is 0. The molecule has 2 aromatic rings. The molecule has 0 heterocycles. The first kappa shape index (κ1) is 12.8. The monoisotopic (exact) mass is 256 g/mol. The maximum atomic E-state index is 10.8. The summed E-state index contributed by atoms with van der Waals surface area (Å²) in [5.74, 6) is -0.987. The van der Waals surface area contributed by atoms with Crippen LogP contribution in [0.25, 0.3) is 0 Å². The van der Waals surface area contributed by atoms with Crippen molar-refractivity contribution in [3.8, 4) is 5.75 Å². The number of benzene rings is 2. The standard InChI is InChI=1S/C14H12N2O3/c1-9-5-6-13(17)12(7-9)16-15-11-4-2-3-10(8-11)14(18)19/h2-8,17H,1H3,(H,18,19). The molecule has 0 unspecified atom stereocenters. The molecular formula is C14H12N2O3. The number of aromatic carboxylic acids is 1. The third kappa shape index (κ3) is 3.16. The number of phenols is 1. The van der Waals surface area contributed by atoms with Crippen LogP contribution in [0.2, 0.25) is 0 Å². The Kier molecular flexibility index (Phi) is 3.56. The highest BCUT2D eigenvalue weighted by atomic mass is 16.4. The van der Waals surface area contributed by atoms with Gasteiger partial charge in [0.05, 0.1) is 11.3 Å². The van der Waals surface area contributed by atoms with Gasteiger partial charge in [-0.2, -0.15) is 5.11 Å². The lowest BCUT2D eigenvalue weighted by Crippen LogP contribution is -1.94. The minimum absolute atomic E-state index is 0.0312. The van der Waals surface area contributed by atoms with Crippen molar-refractivity contribution in [2.24, 2.45) is 10.2 Å². The zero-order valence-corrected chi connectivity index (χ0v) is 10.2. The number of azo groups is 1. The number of rotatable bonds is 3. The molecule has 0 saturated carbocycles. The van der Waals surface area contributed by atoms with Crippen molar-refractivity contribution < 1.29 is 15.0 Å². The van der Waals surface area contributed by atoms with Gasteiger partial charge in [0, 0.05) is 0 Å². The second-order valence-corrected chi connectivity index (χ2v) is 4.05. The Balaban J connectivity index is 2.30. The number of hydrogen-bond acceptors (Lipinski definition) is 4. The zero-order chi connectivity index (χ0) is 13.8. The molecule has 2 rings (SSSR count). The van der Waals surface area contributed by atoms with Crippen molar-refractivity contribution in [3.63, 3.8) is 0 Å². The van der Waals surface area contributed by atoms with Gasteiger partial charge in [-0.3, -0.25) is 0 Å². The lowest BCUT2D eigenvalue weighted by atomic mass is 10.2. The van der Waals surface area contributed by atoms with Crippen LogP contribution >= 0.6 is 0 Å². The fourth-order valence-corrected chi connectivity index (χ4v) is 1.53. The SMILES string of the molecule is Cc1ccc(O)c(N=Nc2cccc(C(=O)O)c2)c1. The minimum Gasteiger partial charge on any atom is -0.506 e. The van der Waals surface area contributed by atoms with E-state index in [1.807, 2.05) is 6.92 Å². The molecule has 0 aliphatic rings. The summed E-state index contributed by atoms with van der Waals surface area (Å²) in [5.41, 5.74) is 1.86. The molecule has 0 aliphatic heterocycles. The summed E-state index contributed by atoms with van der Waals surface area (Å²) in [4.78, 5) is 10.8. The van der Waals surface area contributed by atoms with Crippen LogP contribution in [-0.4, -0.2) is 16.2 Å². The smallest absolute Gasteiger partial charge is 0.335 e. The van der Waals surface area contributed by atoms with Gasteiger partial charge < -0.3 is 10.2 Å². The molecule has 96 valence electrons. The first-order valence-electron chi connectivity index (χ1n) is 5.61. The van der Waals surface area contributed by atoms with E-state index in [0.29, 0.717) is 11.4 Å². The van der Waals surface area contributed by atoms with Gasteiger partial charge in [-0.15, -0.1) is 5.11 Å². The summed E-state index contributed by atoms with van der Waals surface area (Å²) in [7, 11) is 0. The zero-order valence-electron chi connectivity index (χ0n) is 10.2. The third-order valence-corrected chi connectivity index (χ3v) is 2.50. The van der Waals surface area contributed by atoms with Crippen molar-refractivity contribution >= 4 is 17.3 Å². The molecular weight excluding hydrogens is 244 g/mol. The predicted octanol–water partition coefficient (Wildman–Crippen LogP) is 3.81. The number of nitrogens with zero attached hydrogens (tertiary/aromatic N) is 2. The Morgan fingerprint density at radius 3 is 2.63 bits per heavy atom. The summed E-state index contributed by atoms with van der Waals surface area (Å²) < 4.78 is 0.